The summed E-state index contributed by atoms with van der Waals surface area (Å²) >= 11 is 0. The van der Waals surface area contributed by atoms with Crippen LogP contribution in [0.5, 0.6) is 0 Å². The van der Waals surface area contributed by atoms with Gasteiger partial charge in [0.2, 0.25) is 0 Å². The van der Waals surface area contributed by atoms with Crippen molar-refractivity contribution in [2.45, 2.75) is 64.3 Å². The van der Waals surface area contributed by atoms with E-state index in [0.29, 0.717) is 5.54 Å². The molecule has 0 aromatic carbocycles. The van der Waals surface area contributed by atoms with Gasteiger partial charge < -0.3 is 5.73 Å². The van der Waals surface area contributed by atoms with Crippen molar-refractivity contribution in [1.82, 2.24) is 4.90 Å². The Balaban J connectivity index is 1.81. The van der Waals surface area contributed by atoms with Gasteiger partial charge in [0.25, 0.3) is 0 Å². The van der Waals surface area contributed by atoms with E-state index in [1.54, 1.807) is 0 Å². The van der Waals surface area contributed by atoms with Crippen LogP contribution in [0.1, 0.15) is 58.8 Å². The summed E-state index contributed by atoms with van der Waals surface area (Å²) in [5.41, 5.74) is 6.70. The van der Waals surface area contributed by atoms with Gasteiger partial charge in [0.05, 0.1) is 0 Å². The molecular weight excluding hydrogens is 232 g/mol. The van der Waals surface area contributed by atoms with Gasteiger partial charge in [-0.2, -0.15) is 0 Å². The SMILES string of the molecule is CC(C)C1CCCCC1(CN)N1CC2CCCC2C1. The molecule has 1 heterocycles. The Morgan fingerprint density at radius 1 is 1.05 bits per heavy atom. The second-order valence-electron chi connectivity index (χ2n) is 7.76. The summed E-state index contributed by atoms with van der Waals surface area (Å²) in [6, 6.07) is 0. The quantitative estimate of drug-likeness (QED) is 0.848. The fraction of sp³-hybridized carbons (Fsp3) is 1.00. The molecule has 2 saturated carbocycles. The highest BCUT2D eigenvalue weighted by atomic mass is 15.2. The van der Waals surface area contributed by atoms with Gasteiger partial charge in [-0.05, 0) is 49.4 Å². The average Bonchev–Trinajstić information content (AvgIpc) is 2.99. The van der Waals surface area contributed by atoms with Crippen LogP contribution in [-0.2, 0) is 0 Å². The second-order valence-corrected chi connectivity index (χ2v) is 7.76. The molecule has 2 aliphatic carbocycles. The molecule has 0 amide bonds. The predicted octanol–water partition coefficient (Wildman–Crippen LogP) is 3.26. The van der Waals surface area contributed by atoms with Crippen molar-refractivity contribution in [3.8, 4) is 0 Å². The molecule has 0 spiro atoms. The van der Waals surface area contributed by atoms with Gasteiger partial charge in [-0.25, -0.2) is 0 Å². The zero-order valence-electron chi connectivity index (χ0n) is 12.9. The number of nitrogens with two attached hydrogens (primary N) is 1. The summed E-state index contributed by atoms with van der Waals surface area (Å²) in [6.07, 6.45) is 10.0. The number of hydrogen-bond donors (Lipinski definition) is 1. The molecule has 2 N–H and O–H groups in total. The van der Waals surface area contributed by atoms with Crippen LogP contribution in [0.25, 0.3) is 0 Å². The fourth-order valence-corrected chi connectivity index (χ4v) is 5.58. The maximum Gasteiger partial charge on any atom is 0.0362 e. The maximum absolute atomic E-state index is 6.35. The minimum Gasteiger partial charge on any atom is -0.329 e. The largest absolute Gasteiger partial charge is 0.329 e. The second kappa shape index (κ2) is 5.37. The standard InChI is InChI=1S/C17H32N2/c1-13(2)16-8-3-4-9-17(16,12-18)19-10-14-6-5-7-15(14)11-19/h13-16H,3-12,18H2,1-2H3. The minimum absolute atomic E-state index is 0.344. The first-order valence-corrected chi connectivity index (χ1v) is 8.62. The van der Waals surface area contributed by atoms with Gasteiger partial charge in [-0.1, -0.05) is 33.1 Å². The van der Waals surface area contributed by atoms with Gasteiger partial charge in [-0.3, -0.25) is 4.90 Å². The van der Waals surface area contributed by atoms with Crippen LogP contribution in [0.2, 0.25) is 0 Å². The first kappa shape index (κ1) is 13.9. The summed E-state index contributed by atoms with van der Waals surface area (Å²) in [5, 5.41) is 0. The number of hydrogen-bond acceptors (Lipinski definition) is 2. The Kier molecular flexibility index (Phi) is 3.92. The van der Waals surface area contributed by atoms with E-state index in [9.17, 15) is 0 Å². The molecule has 2 nitrogen and oxygen atoms in total. The molecule has 3 rings (SSSR count). The van der Waals surface area contributed by atoms with Crippen molar-refractivity contribution < 1.29 is 0 Å². The van der Waals surface area contributed by atoms with Crippen molar-refractivity contribution in [1.29, 1.82) is 0 Å². The molecular formula is C17H32N2. The van der Waals surface area contributed by atoms with E-state index in [4.69, 9.17) is 5.73 Å². The third kappa shape index (κ3) is 2.25. The summed E-state index contributed by atoms with van der Waals surface area (Å²) < 4.78 is 0. The molecule has 1 saturated heterocycles. The summed E-state index contributed by atoms with van der Waals surface area (Å²) in [6.45, 7) is 8.42. The molecule has 0 radical (unpaired) electrons. The average molecular weight is 264 g/mol. The highest BCUT2D eigenvalue weighted by molar-refractivity contribution is 5.05. The Morgan fingerprint density at radius 2 is 1.74 bits per heavy atom. The predicted molar refractivity (Wildman–Crippen MR) is 81.0 cm³/mol. The molecule has 0 aromatic heterocycles. The molecule has 1 aliphatic heterocycles. The molecule has 3 aliphatic rings. The fourth-order valence-electron chi connectivity index (χ4n) is 5.58. The summed E-state index contributed by atoms with van der Waals surface area (Å²) in [5.74, 6) is 3.60. The van der Waals surface area contributed by atoms with Gasteiger partial charge in [0.15, 0.2) is 0 Å². The number of likely N-dealkylation sites (tertiary alicyclic amines) is 1. The first-order valence-electron chi connectivity index (χ1n) is 8.62. The van der Waals surface area contributed by atoms with Crippen LogP contribution >= 0.6 is 0 Å². The van der Waals surface area contributed by atoms with E-state index in [-0.39, 0.29) is 0 Å². The van der Waals surface area contributed by atoms with Crippen LogP contribution in [0, 0.1) is 23.7 Å². The molecule has 4 unspecified atom stereocenters. The molecule has 19 heavy (non-hydrogen) atoms. The van der Waals surface area contributed by atoms with E-state index in [1.165, 1.54) is 58.0 Å². The van der Waals surface area contributed by atoms with Crippen LogP contribution in [0.4, 0.5) is 0 Å². The molecule has 0 bridgehead atoms. The van der Waals surface area contributed by atoms with Gasteiger partial charge in [-0.15, -0.1) is 0 Å². The van der Waals surface area contributed by atoms with E-state index < -0.39 is 0 Å². The number of rotatable bonds is 3. The zero-order valence-corrected chi connectivity index (χ0v) is 12.9. The monoisotopic (exact) mass is 264 g/mol. The Bertz CT molecular complexity index is 302. The molecule has 0 aromatic rings. The van der Waals surface area contributed by atoms with Crippen molar-refractivity contribution >= 4 is 0 Å². The van der Waals surface area contributed by atoms with Crippen LogP contribution in [0.3, 0.4) is 0 Å². The highest BCUT2D eigenvalue weighted by Crippen LogP contribution is 2.47. The summed E-state index contributed by atoms with van der Waals surface area (Å²) in [4.78, 5) is 2.85. The van der Waals surface area contributed by atoms with E-state index >= 15 is 0 Å². The van der Waals surface area contributed by atoms with Gasteiger partial charge in [0, 0.05) is 25.2 Å². The topological polar surface area (TPSA) is 29.3 Å². The maximum atomic E-state index is 6.35. The lowest BCUT2D eigenvalue weighted by Gasteiger charge is -2.52. The lowest BCUT2D eigenvalue weighted by molar-refractivity contribution is -0.00348. The van der Waals surface area contributed by atoms with Gasteiger partial charge in [0.1, 0.15) is 0 Å². The Morgan fingerprint density at radius 3 is 2.32 bits per heavy atom. The van der Waals surface area contributed by atoms with E-state index in [0.717, 1.165) is 30.2 Å². The van der Waals surface area contributed by atoms with Crippen molar-refractivity contribution in [3.63, 3.8) is 0 Å². The summed E-state index contributed by atoms with van der Waals surface area (Å²) in [7, 11) is 0. The normalized spacial score (nSPS) is 43.9. The lowest BCUT2D eigenvalue weighted by Crippen LogP contribution is -2.60. The molecule has 3 fully saturated rings. The van der Waals surface area contributed by atoms with Crippen molar-refractivity contribution in [2.75, 3.05) is 19.6 Å². The number of nitrogens with zero attached hydrogens (tertiary/aromatic N) is 1. The van der Waals surface area contributed by atoms with Crippen molar-refractivity contribution in [3.05, 3.63) is 0 Å². The Hall–Kier alpha value is -0.0800. The smallest absolute Gasteiger partial charge is 0.0362 e. The van der Waals surface area contributed by atoms with Crippen LogP contribution < -0.4 is 5.73 Å². The van der Waals surface area contributed by atoms with Crippen molar-refractivity contribution in [2.24, 2.45) is 29.4 Å². The van der Waals surface area contributed by atoms with E-state index in [2.05, 4.69) is 18.7 Å². The molecule has 110 valence electrons. The minimum atomic E-state index is 0.344. The van der Waals surface area contributed by atoms with Gasteiger partial charge >= 0.3 is 0 Å². The molecule has 4 atom stereocenters. The zero-order chi connectivity index (χ0) is 13.5. The third-order valence-electron chi connectivity index (χ3n) is 6.58. The molecule has 2 heteroatoms. The lowest BCUT2D eigenvalue weighted by atomic mass is 9.67. The first-order chi connectivity index (χ1) is 9.17. The van der Waals surface area contributed by atoms with Crippen LogP contribution in [0.15, 0.2) is 0 Å². The number of fused-ring (bicyclic) bond motifs is 1. The van der Waals surface area contributed by atoms with E-state index in [1.807, 2.05) is 0 Å². The highest BCUT2D eigenvalue weighted by Gasteiger charge is 2.50. The third-order valence-corrected chi connectivity index (χ3v) is 6.58. The van der Waals surface area contributed by atoms with Crippen LogP contribution in [-0.4, -0.2) is 30.1 Å². The Labute approximate surface area is 119 Å².